The highest BCUT2D eigenvalue weighted by atomic mass is 32.1. The van der Waals surface area contributed by atoms with Gasteiger partial charge in [-0.15, -0.1) is 11.3 Å². The Morgan fingerprint density at radius 1 is 1.28 bits per heavy atom. The first-order valence-corrected chi connectivity index (χ1v) is 12.9. The van der Waals surface area contributed by atoms with Crippen molar-refractivity contribution < 1.29 is 13.5 Å². The minimum atomic E-state index is -0.589. The number of rotatable bonds is 3. The van der Waals surface area contributed by atoms with Gasteiger partial charge in [-0.05, 0) is 44.2 Å². The van der Waals surface area contributed by atoms with Gasteiger partial charge in [-0.3, -0.25) is 4.98 Å². The van der Waals surface area contributed by atoms with Crippen molar-refractivity contribution in [2.75, 3.05) is 18.8 Å². The van der Waals surface area contributed by atoms with Crippen LogP contribution in [0.25, 0.3) is 33.1 Å². The fourth-order valence-corrected chi connectivity index (χ4v) is 5.99. The molecule has 1 aromatic carbocycles. The van der Waals surface area contributed by atoms with Gasteiger partial charge in [0.05, 0.1) is 35.4 Å². The van der Waals surface area contributed by atoms with Crippen LogP contribution in [0.3, 0.4) is 0 Å². The van der Waals surface area contributed by atoms with Crippen molar-refractivity contribution in [2.45, 2.75) is 53.2 Å². The van der Waals surface area contributed by atoms with Crippen molar-refractivity contribution in [1.82, 2.24) is 9.88 Å². The van der Waals surface area contributed by atoms with Gasteiger partial charge in [0, 0.05) is 40.7 Å². The first kappa shape index (κ1) is 24.3. The fourth-order valence-electron chi connectivity index (χ4n) is 5.07. The minimum Gasteiger partial charge on any atom is -0.389 e. The van der Waals surface area contributed by atoms with Crippen LogP contribution < -0.4 is 16.2 Å². The van der Waals surface area contributed by atoms with E-state index in [9.17, 15) is 9.65 Å². The van der Waals surface area contributed by atoms with Gasteiger partial charge in [0.25, 0.3) is 0 Å². The number of aromatic nitrogens is 1. The number of pyridine rings is 1. The van der Waals surface area contributed by atoms with Gasteiger partial charge in [-0.25, -0.2) is 13.8 Å². The van der Waals surface area contributed by atoms with Crippen LogP contribution in [0.4, 0.5) is 13.8 Å². The number of fused-ring (bicyclic) bond motifs is 2. The molecule has 2 aromatic heterocycles. The predicted octanol–water partition coefficient (Wildman–Crippen LogP) is 4.56. The number of amidine groups is 1. The van der Waals surface area contributed by atoms with Crippen molar-refractivity contribution >= 4 is 44.0 Å². The lowest BCUT2D eigenvalue weighted by molar-refractivity contribution is 0.134. The molecule has 186 valence electrons. The number of aliphatic imine (C=N–C) groups is 1. The minimum absolute atomic E-state index is 0.114. The number of nitrogens with two attached hydrogens (primary N) is 1. The third-order valence-corrected chi connectivity index (χ3v) is 8.17. The van der Waals surface area contributed by atoms with Crippen molar-refractivity contribution in [1.29, 1.82) is 5.26 Å². The van der Waals surface area contributed by atoms with Crippen molar-refractivity contribution in [3.63, 3.8) is 0 Å². The van der Waals surface area contributed by atoms with Gasteiger partial charge in [-0.2, -0.15) is 5.26 Å². The highest BCUT2D eigenvalue weighted by Crippen LogP contribution is 2.42. The van der Waals surface area contributed by atoms with E-state index in [-0.39, 0.29) is 38.5 Å². The van der Waals surface area contributed by atoms with Crippen LogP contribution in [0.5, 0.6) is 0 Å². The number of nitriles is 1. The summed E-state index contributed by atoms with van der Waals surface area (Å²) in [5.74, 6) is -0.152. The molecule has 0 unspecified atom stereocenters. The molecular formula is C27H27F2N5OS. The number of ether oxygens (including phenoxy) is 1. The SMILES string of the molecule is CCC(C)=c1c(F)c(-c2ncc(F)c3sc(N)c(C#N)c23)c2c(/c1=C/N=C(C)N1CCCC1)COC2. The molecule has 1 saturated heterocycles. The van der Waals surface area contributed by atoms with Gasteiger partial charge in [0.15, 0.2) is 5.82 Å². The summed E-state index contributed by atoms with van der Waals surface area (Å²) in [7, 11) is 0. The summed E-state index contributed by atoms with van der Waals surface area (Å²) in [6, 6.07) is 2.05. The summed E-state index contributed by atoms with van der Waals surface area (Å²) in [5, 5.41) is 11.3. The van der Waals surface area contributed by atoms with Gasteiger partial charge < -0.3 is 15.4 Å². The van der Waals surface area contributed by atoms with E-state index >= 15 is 4.39 Å². The molecule has 2 aliphatic rings. The Morgan fingerprint density at radius 2 is 2.00 bits per heavy atom. The molecule has 6 nitrogen and oxygen atoms in total. The van der Waals surface area contributed by atoms with Crippen molar-refractivity contribution in [3.8, 4) is 17.3 Å². The van der Waals surface area contributed by atoms with E-state index in [1.54, 1.807) is 6.20 Å². The Balaban J connectivity index is 1.87. The monoisotopic (exact) mass is 507 g/mol. The lowest BCUT2D eigenvalue weighted by atomic mass is 9.92. The summed E-state index contributed by atoms with van der Waals surface area (Å²) < 4.78 is 37.3. The quantitative estimate of drug-likeness (QED) is 0.415. The topological polar surface area (TPSA) is 87.5 Å². The third-order valence-electron chi connectivity index (χ3n) is 7.14. The average Bonchev–Trinajstić information content (AvgIpc) is 3.63. The van der Waals surface area contributed by atoms with Crippen molar-refractivity contribution in [3.05, 3.63) is 45.0 Å². The van der Waals surface area contributed by atoms with Crippen molar-refractivity contribution in [2.24, 2.45) is 4.99 Å². The fraction of sp³-hybridized carbons (Fsp3) is 0.370. The summed E-state index contributed by atoms with van der Waals surface area (Å²) in [5.41, 5.74) is 8.94. The molecule has 0 radical (unpaired) electrons. The summed E-state index contributed by atoms with van der Waals surface area (Å²) in [6.45, 7) is 8.29. The van der Waals surface area contributed by atoms with Crippen LogP contribution in [0.15, 0.2) is 11.2 Å². The standard InChI is InChI=1S/C27H27F2N5OS/c1-4-14(2)21-17(10-32-15(3)34-7-5-6-8-34)18-12-35-13-19(18)22(24(21)29)25-23-16(9-30)27(31)36-26(23)20(28)11-33-25/h10-11H,4-8,12-13,31H2,1-3H3/b17-10-,21-14?,32-15?. The lowest BCUT2D eigenvalue weighted by Crippen LogP contribution is -2.35. The molecule has 0 spiro atoms. The number of hydrogen-bond acceptors (Lipinski definition) is 6. The van der Waals surface area contributed by atoms with Crippen LogP contribution in [0.1, 0.15) is 56.7 Å². The Morgan fingerprint density at radius 3 is 2.69 bits per heavy atom. The molecule has 0 saturated carbocycles. The molecule has 0 bridgehead atoms. The van der Waals surface area contributed by atoms with E-state index in [0.717, 1.165) is 60.4 Å². The molecule has 9 heteroatoms. The van der Waals surface area contributed by atoms with E-state index in [2.05, 4.69) is 16.0 Å². The van der Waals surface area contributed by atoms with E-state index in [1.165, 1.54) is 0 Å². The number of hydrogen-bond donors (Lipinski definition) is 1. The third kappa shape index (κ3) is 3.85. The zero-order valence-corrected chi connectivity index (χ0v) is 21.4. The molecule has 36 heavy (non-hydrogen) atoms. The second-order valence-electron chi connectivity index (χ2n) is 9.17. The van der Waals surface area contributed by atoms with Crippen LogP contribution in [0.2, 0.25) is 0 Å². The van der Waals surface area contributed by atoms with Crippen LogP contribution in [-0.2, 0) is 18.0 Å². The van der Waals surface area contributed by atoms with Gasteiger partial charge >= 0.3 is 0 Å². The molecule has 3 aromatic rings. The Kier molecular flexibility index (Phi) is 6.49. The van der Waals surface area contributed by atoms with E-state index < -0.39 is 11.6 Å². The summed E-state index contributed by atoms with van der Waals surface area (Å²) >= 11 is 0.972. The second-order valence-corrected chi connectivity index (χ2v) is 10.2. The van der Waals surface area contributed by atoms with Crippen LogP contribution in [-0.4, -0.2) is 28.8 Å². The molecule has 0 atom stereocenters. The number of halogens is 2. The number of thiophene rings is 1. The second kappa shape index (κ2) is 9.60. The highest BCUT2D eigenvalue weighted by Gasteiger charge is 2.28. The molecule has 2 aliphatic heterocycles. The molecule has 2 N–H and O–H groups in total. The molecule has 1 fully saturated rings. The Labute approximate surface area is 212 Å². The number of likely N-dealkylation sites (tertiary alicyclic amines) is 1. The Bertz CT molecular complexity index is 1580. The number of nitrogens with zero attached hydrogens (tertiary/aromatic N) is 4. The van der Waals surface area contributed by atoms with E-state index in [0.29, 0.717) is 29.0 Å². The van der Waals surface area contributed by atoms with Crippen LogP contribution >= 0.6 is 11.3 Å². The Hall–Kier alpha value is -3.35. The molecule has 4 heterocycles. The van der Waals surface area contributed by atoms with E-state index in [1.807, 2.05) is 20.8 Å². The largest absolute Gasteiger partial charge is 0.389 e. The first-order valence-electron chi connectivity index (χ1n) is 12.0. The maximum absolute atomic E-state index is 16.6. The predicted molar refractivity (Wildman–Crippen MR) is 140 cm³/mol. The summed E-state index contributed by atoms with van der Waals surface area (Å²) in [4.78, 5) is 11.3. The zero-order valence-electron chi connectivity index (χ0n) is 20.5. The maximum Gasteiger partial charge on any atom is 0.159 e. The van der Waals surface area contributed by atoms with Gasteiger partial charge in [0.1, 0.15) is 22.7 Å². The zero-order chi connectivity index (χ0) is 25.6. The number of nitrogen functional groups attached to an aromatic ring is 1. The first-order chi connectivity index (χ1) is 17.4. The van der Waals surface area contributed by atoms with Gasteiger partial charge in [-0.1, -0.05) is 12.5 Å². The van der Waals surface area contributed by atoms with Crippen LogP contribution in [0, 0.1) is 23.0 Å². The number of anilines is 1. The lowest BCUT2D eigenvalue weighted by Gasteiger charge is -2.16. The smallest absolute Gasteiger partial charge is 0.159 e. The van der Waals surface area contributed by atoms with E-state index in [4.69, 9.17) is 15.5 Å². The molecule has 0 amide bonds. The molecule has 5 rings (SSSR count). The highest BCUT2D eigenvalue weighted by molar-refractivity contribution is 7.23. The molecule has 0 aliphatic carbocycles. The number of benzene rings is 1. The average molecular weight is 508 g/mol. The molecular weight excluding hydrogens is 480 g/mol. The normalized spacial score (nSPS) is 17.2. The summed E-state index contributed by atoms with van der Waals surface area (Å²) in [6.07, 6.45) is 5.73. The van der Waals surface area contributed by atoms with Gasteiger partial charge in [0.2, 0.25) is 0 Å². The maximum atomic E-state index is 16.6.